The molecule has 3 amide bonds. The molecule has 0 spiro atoms. The molecule has 0 fully saturated rings. The zero-order valence-corrected chi connectivity index (χ0v) is 8.73. The van der Waals surface area contributed by atoms with E-state index in [-0.39, 0.29) is 5.91 Å². The van der Waals surface area contributed by atoms with E-state index in [4.69, 9.17) is 17.3 Å². The molecule has 1 aliphatic rings. The zero-order valence-electron chi connectivity index (χ0n) is 7.97. The van der Waals surface area contributed by atoms with Crippen LogP contribution in [0.5, 0.6) is 0 Å². The second-order valence-corrected chi connectivity index (χ2v) is 4.22. The third kappa shape index (κ3) is 2.48. The van der Waals surface area contributed by atoms with Gasteiger partial charge in [-0.2, -0.15) is 0 Å². The van der Waals surface area contributed by atoms with Gasteiger partial charge in [0.25, 0.3) is 0 Å². The molecule has 1 atom stereocenters. The molecule has 0 aliphatic heterocycles. The van der Waals surface area contributed by atoms with Crippen molar-refractivity contribution >= 4 is 23.5 Å². The van der Waals surface area contributed by atoms with Crippen molar-refractivity contribution in [2.75, 3.05) is 0 Å². The van der Waals surface area contributed by atoms with Crippen LogP contribution < -0.4 is 11.1 Å². The Morgan fingerprint density at radius 3 is 2.71 bits per heavy atom. The van der Waals surface area contributed by atoms with Crippen LogP contribution in [0, 0.1) is 5.41 Å². The summed E-state index contributed by atoms with van der Waals surface area (Å²) in [6.07, 6.45) is 3.67. The molecule has 78 valence electrons. The van der Waals surface area contributed by atoms with Gasteiger partial charge in [-0.25, -0.2) is 4.79 Å². The first-order chi connectivity index (χ1) is 6.44. The van der Waals surface area contributed by atoms with Crippen molar-refractivity contribution in [1.82, 2.24) is 5.32 Å². The molecule has 14 heavy (non-hydrogen) atoms. The van der Waals surface area contributed by atoms with E-state index in [1.165, 1.54) is 0 Å². The van der Waals surface area contributed by atoms with Gasteiger partial charge < -0.3 is 5.73 Å². The molecule has 1 rings (SSSR count). The Kier molecular flexibility index (Phi) is 3.16. The summed E-state index contributed by atoms with van der Waals surface area (Å²) in [6, 6.07) is -0.808. The lowest BCUT2D eigenvalue weighted by atomic mass is 9.78. The highest BCUT2D eigenvalue weighted by atomic mass is 35.5. The summed E-state index contributed by atoms with van der Waals surface area (Å²) < 4.78 is 0. The maximum atomic E-state index is 11.6. The molecule has 0 aromatic rings. The predicted octanol–water partition coefficient (Wildman–Crippen LogP) is 1.49. The number of carbonyl (C=O) groups excluding carboxylic acids is 2. The minimum Gasteiger partial charge on any atom is -0.351 e. The summed E-state index contributed by atoms with van der Waals surface area (Å²) in [6.45, 7) is 1.80. The van der Waals surface area contributed by atoms with E-state index < -0.39 is 11.4 Å². The number of hydrogen-bond acceptors (Lipinski definition) is 2. The molecular weight excluding hydrogens is 204 g/mol. The number of rotatable bonds is 1. The number of urea groups is 1. The van der Waals surface area contributed by atoms with Crippen LogP contribution in [0.15, 0.2) is 11.1 Å². The first-order valence-corrected chi connectivity index (χ1v) is 4.77. The molecule has 5 heteroatoms. The highest BCUT2D eigenvalue weighted by Crippen LogP contribution is 2.36. The van der Waals surface area contributed by atoms with Crippen LogP contribution in [0.1, 0.15) is 26.2 Å². The topological polar surface area (TPSA) is 72.2 Å². The van der Waals surface area contributed by atoms with Gasteiger partial charge >= 0.3 is 6.03 Å². The fraction of sp³-hybridized carbons (Fsp3) is 0.556. The molecule has 1 unspecified atom stereocenters. The first-order valence-electron chi connectivity index (χ1n) is 4.39. The predicted molar refractivity (Wildman–Crippen MR) is 53.6 cm³/mol. The van der Waals surface area contributed by atoms with Gasteiger partial charge in [-0.1, -0.05) is 24.6 Å². The van der Waals surface area contributed by atoms with Crippen molar-refractivity contribution in [3.63, 3.8) is 0 Å². The number of hydrogen-bond donors (Lipinski definition) is 2. The van der Waals surface area contributed by atoms with Gasteiger partial charge in [0, 0.05) is 5.03 Å². The Balaban J connectivity index is 2.67. The van der Waals surface area contributed by atoms with Gasteiger partial charge in [0.05, 0.1) is 5.41 Å². The van der Waals surface area contributed by atoms with Crippen LogP contribution in [0.3, 0.4) is 0 Å². The summed E-state index contributed by atoms with van der Waals surface area (Å²) in [7, 11) is 0. The minimum absolute atomic E-state index is 0.328. The van der Waals surface area contributed by atoms with Gasteiger partial charge in [-0.05, 0) is 19.3 Å². The van der Waals surface area contributed by atoms with Crippen LogP contribution in [0.25, 0.3) is 0 Å². The number of allylic oxidation sites excluding steroid dienone is 2. The summed E-state index contributed by atoms with van der Waals surface area (Å²) in [5, 5.41) is 2.87. The summed E-state index contributed by atoms with van der Waals surface area (Å²) in [5.41, 5.74) is 4.31. The molecule has 0 heterocycles. The maximum absolute atomic E-state index is 11.6. The van der Waals surface area contributed by atoms with Gasteiger partial charge in [0.15, 0.2) is 0 Å². The molecule has 1 aliphatic carbocycles. The van der Waals surface area contributed by atoms with Crippen molar-refractivity contribution in [2.24, 2.45) is 11.1 Å². The van der Waals surface area contributed by atoms with Crippen LogP contribution in [0.2, 0.25) is 0 Å². The monoisotopic (exact) mass is 216 g/mol. The number of imide groups is 1. The Morgan fingerprint density at radius 1 is 1.64 bits per heavy atom. The normalized spacial score (nSPS) is 26.6. The zero-order chi connectivity index (χ0) is 10.8. The van der Waals surface area contributed by atoms with Crippen LogP contribution in [-0.4, -0.2) is 11.9 Å². The van der Waals surface area contributed by atoms with E-state index in [1.54, 1.807) is 6.92 Å². The molecule has 0 saturated carbocycles. The quantitative estimate of drug-likeness (QED) is 0.697. The van der Waals surface area contributed by atoms with Gasteiger partial charge in [-0.3, -0.25) is 10.1 Å². The molecule has 0 saturated heterocycles. The second kappa shape index (κ2) is 4.00. The van der Waals surface area contributed by atoms with E-state index in [1.807, 2.05) is 6.08 Å². The smallest absolute Gasteiger partial charge is 0.318 e. The number of carbonyl (C=O) groups is 2. The Labute approximate surface area is 87.5 Å². The second-order valence-electron chi connectivity index (χ2n) is 3.73. The molecule has 0 aromatic carbocycles. The largest absolute Gasteiger partial charge is 0.351 e. The van der Waals surface area contributed by atoms with Gasteiger partial charge in [0.2, 0.25) is 5.91 Å². The fourth-order valence-electron chi connectivity index (χ4n) is 1.40. The Morgan fingerprint density at radius 2 is 2.29 bits per heavy atom. The molecule has 0 bridgehead atoms. The van der Waals surface area contributed by atoms with Gasteiger partial charge in [0.1, 0.15) is 0 Å². The maximum Gasteiger partial charge on any atom is 0.318 e. The van der Waals surface area contributed by atoms with Crippen LogP contribution in [-0.2, 0) is 4.79 Å². The van der Waals surface area contributed by atoms with Crippen molar-refractivity contribution in [3.8, 4) is 0 Å². The lowest BCUT2D eigenvalue weighted by molar-refractivity contribution is -0.129. The lowest BCUT2D eigenvalue weighted by Gasteiger charge is -2.29. The third-order valence-corrected chi connectivity index (χ3v) is 2.82. The molecule has 3 N–H and O–H groups in total. The number of nitrogens with one attached hydrogen (secondary N) is 1. The van der Waals surface area contributed by atoms with Crippen molar-refractivity contribution < 1.29 is 9.59 Å². The average molecular weight is 217 g/mol. The Bertz CT molecular complexity index is 301. The standard InChI is InChI=1S/C9H13ClN2O2/c1-9(7(13)12-8(11)14)4-2-6(10)3-5-9/h2H,3-5H2,1H3,(H3,11,12,13,14). The summed E-state index contributed by atoms with van der Waals surface area (Å²) in [4.78, 5) is 22.1. The highest BCUT2D eigenvalue weighted by molar-refractivity contribution is 6.29. The molecule has 4 nitrogen and oxygen atoms in total. The lowest BCUT2D eigenvalue weighted by Crippen LogP contribution is -2.44. The highest BCUT2D eigenvalue weighted by Gasteiger charge is 2.34. The van der Waals surface area contributed by atoms with E-state index in [0.717, 1.165) is 5.03 Å². The molecule has 0 radical (unpaired) electrons. The van der Waals surface area contributed by atoms with E-state index in [9.17, 15) is 9.59 Å². The number of halogens is 1. The van der Waals surface area contributed by atoms with Gasteiger partial charge in [-0.15, -0.1) is 0 Å². The summed E-state index contributed by atoms with van der Waals surface area (Å²) >= 11 is 5.79. The average Bonchev–Trinajstić information content (AvgIpc) is 2.09. The third-order valence-electron chi connectivity index (χ3n) is 2.47. The summed E-state index contributed by atoms with van der Waals surface area (Å²) in [5.74, 6) is -0.328. The van der Waals surface area contributed by atoms with E-state index in [0.29, 0.717) is 19.3 Å². The number of amides is 3. The van der Waals surface area contributed by atoms with Crippen molar-refractivity contribution in [2.45, 2.75) is 26.2 Å². The van der Waals surface area contributed by atoms with E-state index >= 15 is 0 Å². The van der Waals surface area contributed by atoms with Crippen molar-refractivity contribution in [1.29, 1.82) is 0 Å². The first kappa shape index (κ1) is 11.0. The molecule has 0 aromatic heterocycles. The minimum atomic E-state index is -0.808. The van der Waals surface area contributed by atoms with E-state index in [2.05, 4.69) is 5.32 Å². The number of nitrogens with two attached hydrogens (primary N) is 1. The fourth-order valence-corrected chi connectivity index (χ4v) is 1.58. The van der Waals surface area contributed by atoms with Crippen LogP contribution >= 0.6 is 11.6 Å². The SMILES string of the molecule is CC1(C(=O)NC(N)=O)CC=C(Cl)CC1. The van der Waals surface area contributed by atoms with Crippen LogP contribution in [0.4, 0.5) is 4.79 Å². The molecular formula is C9H13ClN2O2. The number of primary amides is 1. The Hall–Kier alpha value is -1.03. The van der Waals surface area contributed by atoms with Crippen molar-refractivity contribution in [3.05, 3.63) is 11.1 Å².